The van der Waals surface area contributed by atoms with Gasteiger partial charge in [-0.2, -0.15) is 5.10 Å². The Labute approximate surface area is 92.8 Å². The van der Waals surface area contributed by atoms with Gasteiger partial charge in [0.2, 0.25) is 0 Å². The third-order valence-electron chi connectivity index (χ3n) is 2.25. The topological polar surface area (TPSA) is 63.0 Å². The lowest BCUT2D eigenvalue weighted by atomic mass is 9.98. The Morgan fingerprint density at radius 2 is 2.19 bits per heavy atom. The molecule has 1 aromatic rings. The molecule has 0 saturated heterocycles. The smallest absolute Gasteiger partial charge is 0.254 e. The molecule has 2 rings (SSSR count). The van der Waals surface area contributed by atoms with Crippen molar-refractivity contribution in [2.45, 2.75) is 0 Å². The van der Waals surface area contributed by atoms with E-state index < -0.39 is 5.92 Å². The summed E-state index contributed by atoms with van der Waals surface area (Å²) < 4.78 is 0. The number of nitrogens with one attached hydrogen (secondary N) is 1. The number of amides is 1. The molecule has 82 valence electrons. The molecule has 0 unspecified atom stereocenters. The normalized spacial score (nSPS) is 19.7. The van der Waals surface area contributed by atoms with Gasteiger partial charge in [0.1, 0.15) is 13.0 Å². The second kappa shape index (κ2) is 4.57. The maximum atomic E-state index is 11.5. The summed E-state index contributed by atoms with van der Waals surface area (Å²) in [4.78, 5) is 16.1. The summed E-state index contributed by atoms with van der Waals surface area (Å²) in [6.45, 7) is 0. The minimum absolute atomic E-state index is 0.195. The molecule has 0 aliphatic carbocycles. The Kier molecular flexibility index (Phi) is 2.95. The number of rotatable bonds is 3. The molecule has 1 amide bonds. The van der Waals surface area contributed by atoms with E-state index >= 15 is 0 Å². The maximum Gasteiger partial charge on any atom is 0.254 e. The van der Waals surface area contributed by atoms with Crippen molar-refractivity contribution in [1.82, 2.24) is 5.43 Å². The van der Waals surface area contributed by atoms with Gasteiger partial charge in [0.25, 0.3) is 5.91 Å². The third kappa shape index (κ3) is 1.93. The van der Waals surface area contributed by atoms with E-state index in [0.29, 0.717) is 5.71 Å². The number of oxime groups is 1. The van der Waals surface area contributed by atoms with Gasteiger partial charge in [0, 0.05) is 0 Å². The van der Waals surface area contributed by atoms with Crippen LogP contribution in [0.3, 0.4) is 0 Å². The van der Waals surface area contributed by atoms with Crippen LogP contribution in [0.4, 0.5) is 0 Å². The van der Waals surface area contributed by atoms with Crippen LogP contribution in [-0.2, 0) is 9.63 Å². The highest BCUT2D eigenvalue weighted by Gasteiger charge is 2.29. The van der Waals surface area contributed by atoms with E-state index in [2.05, 4.69) is 20.5 Å². The van der Waals surface area contributed by atoms with E-state index in [0.717, 1.165) is 5.56 Å². The van der Waals surface area contributed by atoms with Gasteiger partial charge in [-0.05, 0) is 5.56 Å². The monoisotopic (exact) mass is 217 g/mol. The van der Waals surface area contributed by atoms with Crippen LogP contribution in [0.25, 0.3) is 0 Å². The molecule has 1 heterocycles. The fourth-order valence-electron chi connectivity index (χ4n) is 1.49. The highest BCUT2D eigenvalue weighted by atomic mass is 16.6. The molecule has 1 aromatic carbocycles. The quantitative estimate of drug-likeness (QED) is 0.600. The Morgan fingerprint density at radius 3 is 2.88 bits per heavy atom. The summed E-state index contributed by atoms with van der Waals surface area (Å²) in [5, 5.41) is 7.60. The molecule has 0 bridgehead atoms. The zero-order chi connectivity index (χ0) is 11.4. The zero-order valence-corrected chi connectivity index (χ0v) is 8.75. The molecule has 0 aromatic heterocycles. The van der Waals surface area contributed by atoms with E-state index in [1.807, 2.05) is 30.3 Å². The van der Waals surface area contributed by atoms with Crippen LogP contribution in [0.2, 0.25) is 0 Å². The SMILES string of the molecule is CO/N=C\[C@@H]1C(=O)NN=C1c1ccccc1. The standard InChI is InChI=1S/C11H11N3O2/c1-16-12-7-9-10(13-14-11(9)15)8-5-3-2-4-6-8/h2-7,9H,1H3,(H,14,15)/b12-7-/t9-/m0/s1. The minimum Gasteiger partial charge on any atom is -0.399 e. The van der Waals surface area contributed by atoms with Crippen LogP contribution in [-0.4, -0.2) is 24.9 Å². The van der Waals surface area contributed by atoms with E-state index in [1.54, 1.807) is 0 Å². The first-order valence-electron chi connectivity index (χ1n) is 4.82. The van der Waals surface area contributed by atoms with Gasteiger partial charge in [-0.1, -0.05) is 35.5 Å². The molecule has 1 aliphatic rings. The first kappa shape index (κ1) is 10.4. The van der Waals surface area contributed by atoms with Crippen molar-refractivity contribution in [3.63, 3.8) is 0 Å². The van der Waals surface area contributed by atoms with Gasteiger partial charge in [0.15, 0.2) is 0 Å². The fraction of sp³-hybridized carbons (Fsp3) is 0.182. The van der Waals surface area contributed by atoms with Crippen LogP contribution in [0.15, 0.2) is 40.6 Å². The second-order valence-electron chi connectivity index (χ2n) is 3.25. The van der Waals surface area contributed by atoms with Gasteiger partial charge in [-0.25, -0.2) is 5.43 Å². The lowest BCUT2D eigenvalue weighted by Crippen LogP contribution is -2.24. The number of carbonyl (C=O) groups is 1. The molecule has 0 fully saturated rings. The molecular formula is C11H11N3O2. The molecular weight excluding hydrogens is 206 g/mol. The predicted octanol–water partition coefficient (Wildman–Crippen LogP) is 0.769. The van der Waals surface area contributed by atoms with E-state index in [9.17, 15) is 4.79 Å². The van der Waals surface area contributed by atoms with Gasteiger partial charge in [-0.15, -0.1) is 0 Å². The summed E-state index contributed by atoms with van der Waals surface area (Å²) in [5.74, 6) is -0.679. The first-order chi connectivity index (χ1) is 7.83. The summed E-state index contributed by atoms with van der Waals surface area (Å²) in [7, 11) is 1.43. The van der Waals surface area contributed by atoms with Crippen LogP contribution in [0.1, 0.15) is 5.56 Å². The van der Waals surface area contributed by atoms with Gasteiger partial charge in [-0.3, -0.25) is 4.79 Å². The molecule has 0 saturated carbocycles. The van der Waals surface area contributed by atoms with E-state index in [1.165, 1.54) is 13.3 Å². The van der Waals surface area contributed by atoms with Crippen LogP contribution < -0.4 is 5.43 Å². The van der Waals surface area contributed by atoms with Gasteiger partial charge in [0.05, 0.1) is 11.9 Å². The Morgan fingerprint density at radius 1 is 1.44 bits per heavy atom. The van der Waals surface area contributed by atoms with Gasteiger partial charge >= 0.3 is 0 Å². The van der Waals surface area contributed by atoms with Crippen molar-refractivity contribution >= 4 is 17.8 Å². The lowest BCUT2D eigenvalue weighted by molar-refractivity contribution is -0.120. The first-order valence-corrected chi connectivity index (χ1v) is 4.82. The summed E-state index contributed by atoms with van der Waals surface area (Å²) >= 11 is 0. The number of hydrogen-bond donors (Lipinski definition) is 1. The molecule has 1 atom stereocenters. The lowest BCUT2D eigenvalue weighted by Gasteiger charge is -2.04. The predicted molar refractivity (Wildman–Crippen MR) is 60.1 cm³/mol. The second-order valence-corrected chi connectivity index (χ2v) is 3.25. The maximum absolute atomic E-state index is 11.5. The van der Waals surface area contributed by atoms with E-state index in [-0.39, 0.29) is 5.91 Å². The van der Waals surface area contributed by atoms with Crippen molar-refractivity contribution in [3.8, 4) is 0 Å². The molecule has 0 radical (unpaired) electrons. The molecule has 0 spiro atoms. The van der Waals surface area contributed by atoms with Crippen LogP contribution in [0, 0.1) is 5.92 Å². The molecule has 1 aliphatic heterocycles. The molecule has 16 heavy (non-hydrogen) atoms. The Bertz CT molecular complexity index is 440. The number of carbonyl (C=O) groups excluding carboxylic acids is 1. The van der Waals surface area contributed by atoms with Crippen molar-refractivity contribution < 1.29 is 9.63 Å². The number of nitrogens with zero attached hydrogens (tertiary/aromatic N) is 2. The van der Waals surface area contributed by atoms with Gasteiger partial charge < -0.3 is 4.84 Å². The van der Waals surface area contributed by atoms with Crippen molar-refractivity contribution in [2.75, 3.05) is 7.11 Å². The minimum atomic E-state index is -0.484. The highest BCUT2D eigenvalue weighted by Crippen LogP contribution is 2.13. The molecule has 1 N–H and O–H groups in total. The summed E-state index contributed by atoms with van der Waals surface area (Å²) in [6.07, 6.45) is 1.44. The number of hydrazone groups is 1. The van der Waals surface area contributed by atoms with Crippen molar-refractivity contribution in [3.05, 3.63) is 35.9 Å². The van der Waals surface area contributed by atoms with Crippen molar-refractivity contribution in [1.29, 1.82) is 0 Å². The Hall–Kier alpha value is -2.17. The zero-order valence-electron chi connectivity index (χ0n) is 8.75. The Balaban J connectivity index is 2.27. The summed E-state index contributed by atoms with van der Waals surface area (Å²) in [6, 6.07) is 9.49. The average molecular weight is 217 g/mol. The molecule has 5 heteroatoms. The van der Waals surface area contributed by atoms with E-state index in [4.69, 9.17) is 0 Å². The number of benzene rings is 1. The van der Waals surface area contributed by atoms with Crippen molar-refractivity contribution in [2.24, 2.45) is 16.2 Å². The summed E-state index contributed by atoms with van der Waals surface area (Å²) in [5.41, 5.74) is 3.98. The van der Waals surface area contributed by atoms with Crippen LogP contribution in [0.5, 0.6) is 0 Å². The largest absolute Gasteiger partial charge is 0.399 e. The highest BCUT2D eigenvalue weighted by molar-refractivity contribution is 6.24. The van der Waals surface area contributed by atoms with Crippen LogP contribution >= 0.6 is 0 Å². The number of hydrogen-bond acceptors (Lipinski definition) is 4. The molecule has 5 nitrogen and oxygen atoms in total. The third-order valence-corrected chi connectivity index (χ3v) is 2.25. The average Bonchev–Trinajstić information content (AvgIpc) is 2.69. The fourth-order valence-corrected chi connectivity index (χ4v) is 1.49.